The van der Waals surface area contributed by atoms with Crippen LogP contribution in [0.2, 0.25) is 0 Å². The molecule has 13 heterocycles. The van der Waals surface area contributed by atoms with Crippen molar-refractivity contribution in [3.05, 3.63) is 220 Å². The molecule has 4 aliphatic heterocycles. The highest BCUT2D eigenvalue weighted by Crippen LogP contribution is 2.41. The molecule has 4 aliphatic rings. The van der Waals surface area contributed by atoms with Gasteiger partial charge in [0, 0.05) is 181 Å². The molecule has 2 aromatic carbocycles. The summed E-state index contributed by atoms with van der Waals surface area (Å²) in [7, 11) is 4.29. The Morgan fingerprint density at radius 3 is 1.68 bits per heavy atom. The highest BCUT2D eigenvalue weighted by Gasteiger charge is 2.43. The minimum Gasteiger partial charge on any atom is -0.618 e. The van der Waals surface area contributed by atoms with Gasteiger partial charge in [0.05, 0.1) is 93.8 Å². The van der Waals surface area contributed by atoms with E-state index in [1.54, 1.807) is 156 Å². The number of benzene rings is 2. The van der Waals surface area contributed by atoms with Gasteiger partial charge in [-0.1, -0.05) is 117 Å². The number of anilines is 1. The minimum atomic E-state index is -2.40. The Morgan fingerprint density at radius 2 is 1.13 bits per heavy atom. The number of methoxy groups -OCH3 is 1. The maximum Gasteiger partial charge on any atom is 0.339 e. The van der Waals surface area contributed by atoms with Gasteiger partial charge >= 0.3 is 17.6 Å². The number of carbonyl (C=O) groups is 4. The fourth-order valence-electron chi connectivity index (χ4n) is 14.7. The van der Waals surface area contributed by atoms with E-state index in [2.05, 4.69) is 195 Å². The first-order valence-corrected chi connectivity index (χ1v) is 55.0. The van der Waals surface area contributed by atoms with Crippen LogP contribution >= 0.6 is 70.6 Å². The molecule has 15 rings (SSSR count). The van der Waals surface area contributed by atoms with Crippen molar-refractivity contribution in [2.24, 2.45) is 24.2 Å². The number of thioether (sulfide) groups is 6. The van der Waals surface area contributed by atoms with Gasteiger partial charge < -0.3 is 70.8 Å². The molecular weight excluding hydrogens is 1980 g/mol. The Labute approximate surface area is 887 Å². The standard InChI is InChI=1S/C26H34N4O3S2.C17H22N2O2S.C12H15N3OS.C12H20N2OS2.C11H16N2O.C11H15NO3.C10H14N2OS.C9H14N2O/c1-26(2,3)35-18-9-8-16-12-17-14-29(11-10-20(17)30(33)21(16)13-18)23(31)7-5-4-6-22-24-19(15-34-22)27-25(32)28-24;1-17(2,3)22-12-4-5-13-14(19-7-6-11(18)10-19)9-16(20)21-15(13)8-12;1-12(2,3)17-8-5-9-10(13-6-8)15(4)7-14-11(9)16;1-12(2,3)16-10-7-11(9-13-8-10)17(6,15)14(4)5;1-8(12)9-5-10(7-13-6-9)14-11(2,3)4;1-11(2,3)15-9-5-8(6-12-7-9)10(13)14-4;1-10(2,3)14-8-4-7(9(11)13)5-12-6-8;1-7-10-5-8(6-11-7)12-9(2,3)4/h8-9,12-13,19,22,24H,4-7,10-11,14-15H2,1-3H3,(H2,27,28,32);4-5,8-9,11H,6-7,10,18H2,1-3H3;5-7H,1-4H3;7-9H,6H2,1-5H3;5-7H,1,12H2,2-4H3;5-7H,1-4H3;4-6H,1-3H3,(H2,11,13);5-6H,1-4H3/t19-,22-,24-;11-;;;;;;/m01....../s1. The van der Waals surface area contributed by atoms with Gasteiger partial charge in [-0.2, -0.15) is 21.5 Å². The van der Waals surface area contributed by atoms with E-state index in [1.165, 1.54) is 25.8 Å². The molecule has 3 fully saturated rings. The minimum absolute atomic E-state index is 0.0535. The van der Waals surface area contributed by atoms with Crippen molar-refractivity contribution < 1.29 is 51.5 Å². The molecule has 0 spiro atoms. The van der Waals surface area contributed by atoms with Gasteiger partial charge in [-0.3, -0.25) is 34.3 Å². The lowest BCUT2D eigenvalue weighted by atomic mass is 10.0. The summed E-state index contributed by atoms with van der Waals surface area (Å²) in [5.41, 5.74) is 22.3. The number of pyridine rings is 6. The summed E-state index contributed by atoms with van der Waals surface area (Å²) >= 11 is 10.5. The van der Waals surface area contributed by atoms with Crippen LogP contribution in [-0.2, 0) is 39.3 Å². The number of amides is 4. The zero-order valence-electron chi connectivity index (χ0n) is 90.1. The molecule has 31 nitrogen and oxygen atoms in total. The average molecular weight is 2130 g/mol. The first-order chi connectivity index (χ1) is 67.6. The summed E-state index contributed by atoms with van der Waals surface area (Å²) in [4.78, 5) is 112. The first kappa shape index (κ1) is 121. The van der Waals surface area contributed by atoms with E-state index in [9.17, 15) is 38.2 Å². The van der Waals surface area contributed by atoms with Gasteiger partial charge in [-0.05, 0) is 175 Å². The summed E-state index contributed by atoms with van der Waals surface area (Å²) in [6, 6.07) is 25.5. The third kappa shape index (κ3) is 40.7. The van der Waals surface area contributed by atoms with Crippen LogP contribution in [0.1, 0.15) is 242 Å². The summed E-state index contributed by atoms with van der Waals surface area (Å²) in [6.07, 6.45) is 24.6. The quantitative estimate of drug-likeness (QED) is 0.00733. The summed E-state index contributed by atoms with van der Waals surface area (Å²) in [6.45, 7) is 58.1. The molecule has 146 heavy (non-hydrogen) atoms. The lowest BCUT2D eigenvalue weighted by molar-refractivity contribution is -0.587. The molecule has 5 atom stereocenters. The Bertz CT molecular complexity index is 6490. The number of urea groups is 1. The maximum absolute atomic E-state index is 13.2. The molecule has 792 valence electrons. The highest BCUT2D eigenvalue weighted by atomic mass is 32.2. The van der Waals surface area contributed by atoms with E-state index in [0.717, 1.165) is 113 Å². The van der Waals surface area contributed by atoms with Crippen molar-refractivity contribution in [3.8, 4) is 17.2 Å². The molecule has 3 saturated heterocycles. The molecule has 38 heteroatoms. The molecule has 0 bridgehead atoms. The number of aryl methyl sites for hydroxylation is 2. The van der Waals surface area contributed by atoms with Crippen molar-refractivity contribution in [1.82, 2.24) is 64.3 Å². The fourth-order valence-corrected chi connectivity index (χ4v) is 22.3. The number of nitrogens with zero attached hydrogens (tertiary/aromatic N) is 13. The van der Waals surface area contributed by atoms with E-state index in [4.69, 9.17) is 35.8 Å². The number of rotatable bonds is 19. The van der Waals surface area contributed by atoms with Crippen molar-refractivity contribution in [3.63, 3.8) is 0 Å². The molecule has 0 radical (unpaired) electrons. The van der Waals surface area contributed by atoms with Crippen molar-refractivity contribution in [2.75, 3.05) is 51.5 Å². The summed E-state index contributed by atoms with van der Waals surface area (Å²) in [5.74, 6) is 6.81. The van der Waals surface area contributed by atoms with Gasteiger partial charge in [0.25, 0.3) is 5.56 Å². The largest absolute Gasteiger partial charge is 0.618 e. The number of primary amides is 1. The van der Waals surface area contributed by atoms with Gasteiger partial charge in [0.1, 0.15) is 51.7 Å². The van der Waals surface area contributed by atoms with Gasteiger partial charge in [0.15, 0.2) is 11.4 Å². The molecular formula is C108H150N18O13S7. The van der Waals surface area contributed by atoms with Crippen LogP contribution in [0.15, 0.2) is 203 Å². The number of nitrogens with one attached hydrogen (secondary N) is 2. The number of esters is 1. The number of hydrogen-bond donors (Lipinski definition) is 5. The number of nitrogens with two attached hydrogens (primary N) is 3. The van der Waals surface area contributed by atoms with Crippen LogP contribution in [0.5, 0.6) is 17.2 Å². The van der Waals surface area contributed by atoms with E-state index in [0.29, 0.717) is 92.3 Å². The SMILES string of the molecule is C=C(N)c1cncc(OC(C)(C)C)c1.C=S(=O)(c1cncc(SC(C)(C)C)c1)N(C)C.CC(C)(C)Sc1ccc2c(N3CC[C@@H](N)C3)cc(=O)oc2c1.CC(C)(C)Sc1ccc2cc3c([n+]([O-])c2c1)CCN(C(=O)CCCC[C@@H]1SC[C@@H]2NC(=O)N[C@@H]21)C3.CC(C)(C)Sc1cncc(C(N)=O)c1.COC(=O)c1cncc(OC(C)(C)C)c1.Cc1ncc(OC(C)(C)C)cn1.Cn1cnc(=O)c2cc(SC(C)(C)C)cnc21. The zero-order chi connectivity index (χ0) is 109. The highest BCUT2D eigenvalue weighted by molar-refractivity contribution is 8.02. The lowest BCUT2D eigenvalue weighted by Crippen LogP contribution is -2.43. The molecule has 8 N–H and O–H groups in total. The smallest absolute Gasteiger partial charge is 0.339 e. The molecule has 1 unspecified atom stereocenters. The average Bonchev–Trinajstić information content (AvgIpc) is 0.942. The molecule has 0 saturated carbocycles. The van der Waals surface area contributed by atoms with Gasteiger partial charge in [-0.15, -0.1) is 58.8 Å². The summed E-state index contributed by atoms with van der Waals surface area (Å²) in [5, 5.41) is 22.1. The molecule has 0 aliphatic carbocycles. The number of fused-ring (bicyclic) bond motifs is 5. The Balaban J connectivity index is 0.000000210. The van der Waals surface area contributed by atoms with Crippen LogP contribution in [-0.4, -0.2) is 198 Å². The summed E-state index contributed by atoms with van der Waals surface area (Å²) < 4.78 is 44.1. The Morgan fingerprint density at radius 1 is 0.603 bits per heavy atom. The van der Waals surface area contributed by atoms with Gasteiger partial charge in [0.2, 0.25) is 17.3 Å². The first-order valence-electron chi connectivity index (χ1n) is 48.2. The number of aromatic nitrogens is 10. The zero-order valence-corrected chi connectivity index (χ0v) is 95.9. The number of carbonyl (C=O) groups excluding carboxylic acids is 4. The normalized spacial score (nSPS) is 16.0. The molecule has 4 amide bonds. The third-order valence-electron chi connectivity index (χ3n) is 20.6. The van der Waals surface area contributed by atoms with E-state index >= 15 is 0 Å². The van der Waals surface area contributed by atoms with Gasteiger partial charge in [-0.25, -0.2) is 37.8 Å². The van der Waals surface area contributed by atoms with Crippen molar-refractivity contribution in [1.29, 1.82) is 0 Å². The van der Waals surface area contributed by atoms with Crippen LogP contribution in [0.4, 0.5) is 10.5 Å². The predicted molar refractivity (Wildman–Crippen MR) is 601 cm³/mol. The van der Waals surface area contributed by atoms with Crippen molar-refractivity contribution >= 4 is 154 Å². The van der Waals surface area contributed by atoms with Crippen LogP contribution < -0.4 is 62.9 Å². The van der Waals surface area contributed by atoms with E-state index in [1.807, 2.05) is 135 Å². The monoisotopic (exact) mass is 2130 g/mol. The second kappa shape index (κ2) is 52.0. The van der Waals surface area contributed by atoms with Crippen LogP contribution in [0.3, 0.4) is 0 Å². The molecule has 11 aromatic rings. The van der Waals surface area contributed by atoms with Crippen LogP contribution in [0, 0.1) is 12.1 Å². The van der Waals surface area contributed by atoms with Crippen LogP contribution in [0.25, 0.3) is 38.6 Å². The Kier molecular flexibility index (Phi) is 42.9. The van der Waals surface area contributed by atoms with Crippen molar-refractivity contribution in [2.45, 2.75) is 311 Å². The number of ether oxygens (including phenoxy) is 4. The molecule has 9 aromatic heterocycles. The second-order valence-corrected chi connectivity index (χ2v) is 56.7. The fraction of sp³-hybridized carbons (Fsp3) is 0.481. The Hall–Kier alpha value is -10.7. The number of unbranched alkanes of at least 4 members (excludes halogenated alkanes) is 1. The predicted octanol–water partition coefficient (Wildman–Crippen LogP) is 20.2. The van der Waals surface area contributed by atoms with E-state index in [-0.39, 0.29) is 81.8 Å². The number of hydrogen-bond acceptors (Lipinski definition) is 30. The topological polar surface area (TPSA) is 416 Å². The lowest BCUT2D eigenvalue weighted by Gasteiger charge is -2.28. The van der Waals surface area contributed by atoms with E-state index < -0.39 is 21.6 Å². The second-order valence-electron chi connectivity index (χ2n) is 43.5. The third-order valence-corrected chi connectivity index (χ3v) is 29.7. The maximum atomic E-state index is 13.2.